The number of halogens is 1. The topological polar surface area (TPSA) is 75.3 Å². The van der Waals surface area contributed by atoms with Gasteiger partial charge in [0, 0.05) is 30.6 Å². The van der Waals surface area contributed by atoms with Crippen molar-refractivity contribution in [2.75, 3.05) is 13.1 Å². The highest BCUT2D eigenvalue weighted by molar-refractivity contribution is 14.0. The number of oxazole rings is 1. The Morgan fingerprint density at radius 3 is 2.89 bits per heavy atom. The second-order valence-electron chi connectivity index (χ2n) is 5.57. The molecule has 0 spiro atoms. The molecule has 0 unspecified atom stereocenters. The van der Waals surface area contributed by atoms with Crippen molar-refractivity contribution in [2.45, 2.75) is 33.2 Å². The molecule has 0 fully saturated rings. The number of aliphatic imine (C=N–C) groups is 1. The zero-order valence-electron chi connectivity index (χ0n) is 15.4. The summed E-state index contributed by atoms with van der Waals surface area (Å²) in [6.07, 6.45) is 5.57. The number of nitrogens with zero attached hydrogens (tertiary/aromatic N) is 3. The van der Waals surface area contributed by atoms with Gasteiger partial charge in [0.15, 0.2) is 5.96 Å². The lowest BCUT2D eigenvalue weighted by atomic mass is 10.4. The molecule has 9 heteroatoms. The summed E-state index contributed by atoms with van der Waals surface area (Å²) in [6.45, 7) is 6.28. The van der Waals surface area contributed by atoms with Gasteiger partial charge < -0.3 is 15.1 Å². The first-order valence-corrected chi connectivity index (χ1v) is 10.4. The van der Waals surface area contributed by atoms with Gasteiger partial charge in [-0.05, 0) is 24.8 Å². The number of hydrogen-bond donors (Lipinski definition) is 2. The van der Waals surface area contributed by atoms with Crippen molar-refractivity contribution >= 4 is 52.6 Å². The van der Waals surface area contributed by atoms with Gasteiger partial charge in [-0.25, -0.2) is 15.0 Å². The lowest BCUT2D eigenvalue weighted by Crippen LogP contribution is -2.38. The molecule has 0 bridgehead atoms. The third-order valence-electron chi connectivity index (χ3n) is 3.61. The summed E-state index contributed by atoms with van der Waals surface area (Å²) in [6, 6.07) is 3.98. The van der Waals surface area contributed by atoms with Gasteiger partial charge in [0.25, 0.3) is 0 Å². The van der Waals surface area contributed by atoms with E-state index < -0.39 is 0 Å². The minimum absolute atomic E-state index is 0. The Hall–Kier alpha value is -1.46. The van der Waals surface area contributed by atoms with Crippen molar-refractivity contribution in [1.82, 2.24) is 20.6 Å². The predicted molar refractivity (Wildman–Crippen MR) is 123 cm³/mol. The van der Waals surface area contributed by atoms with Gasteiger partial charge in [0.05, 0.1) is 16.4 Å². The summed E-state index contributed by atoms with van der Waals surface area (Å²) >= 11 is 3.39. The lowest BCUT2D eigenvalue weighted by molar-refractivity contribution is 0.574. The van der Waals surface area contributed by atoms with Crippen molar-refractivity contribution in [3.63, 3.8) is 0 Å². The number of rotatable bonds is 8. The summed E-state index contributed by atoms with van der Waals surface area (Å²) in [5.41, 5.74) is 0.818. The first kappa shape index (κ1) is 21.8. The molecule has 3 rings (SSSR count). The Kier molecular flexibility index (Phi) is 9.22. The second-order valence-corrected chi connectivity index (χ2v) is 7.71. The Labute approximate surface area is 184 Å². The number of aryl methyl sites for hydroxylation is 1. The highest BCUT2D eigenvalue weighted by Gasteiger charge is 2.07. The normalized spacial score (nSPS) is 11.3. The van der Waals surface area contributed by atoms with E-state index in [9.17, 15) is 0 Å². The highest BCUT2D eigenvalue weighted by Crippen LogP contribution is 2.23. The molecular weight excluding hydrogens is 493 g/mol. The summed E-state index contributed by atoms with van der Waals surface area (Å²) in [7, 11) is 0. The summed E-state index contributed by atoms with van der Waals surface area (Å²) in [5.74, 6) is 1.43. The average molecular weight is 517 g/mol. The Morgan fingerprint density at radius 2 is 2.19 bits per heavy atom. The summed E-state index contributed by atoms with van der Waals surface area (Å²) in [5, 5.41) is 9.77. The van der Waals surface area contributed by atoms with Crippen LogP contribution in [0.4, 0.5) is 0 Å². The van der Waals surface area contributed by atoms with E-state index >= 15 is 0 Å². The molecule has 0 radical (unpaired) electrons. The van der Waals surface area contributed by atoms with Crippen LogP contribution < -0.4 is 10.6 Å². The van der Waals surface area contributed by atoms with Crippen LogP contribution in [0, 0.1) is 0 Å². The minimum atomic E-state index is 0. The monoisotopic (exact) mass is 517 g/mol. The summed E-state index contributed by atoms with van der Waals surface area (Å²) < 4.78 is 5.54. The molecular formula is C18H24IN5OS2. The van der Waals surface area contributed by atoms with Gasteiger partial charge in [-0.1, -0.05) is 13.0 Å². The van der Waals surface area contributed by atoms with E-state index in [1.807, 2.05) is 23.7 Å². The third-order valence-corrected chi connectivity index (χ3v) is 5.67. The largest absolute Gasteiger partial charge is 0.443 e. The van der Waals surface area contributed by atoms with Crippen LogP contribution in [-0.4, -0.2) is 29.0 Å². The van der Waals surface area contributed by atoms with E-state index in [0.717, 1.165) is 47.5 Å². The molecule has 0 saturated heterocycles. The fourth-order valence-electron chi connectivity index (χ4n) is 2.31. The molecule has 0 aliphatic heterocycles. The van der Waals surface area contributed by atoms with Crippen LogP contribution in [0.15, 0.2) is 39.4 Å². The van der Waals surface area contributed by atoms with E-state index in [-0.39, 0.29) is 24.0 Å². The van der Waals surface area contributed by atoms with E-state index in [1.54, 1.807) is 28.9 Å². The minimum Gasteiger partial charge on any atom is -0.443 e. The second kappa shape index (κ2) is 11.4. The molecule has 0 amide bonds. The lowest BCUT2D eigenvalue weighted by Gasteiger charge is -2.10. The number of nitrogens with one attached hydrogen (secondary N) is 2. The standard InChI is InChI=1S/C18H23N5OS2.HI/c1-3-14-11-21-16(26-14)7-8-20-18(19-4-2)22-10-13-12-24-17(23-13)15-6-5-9-25-15;/h5-6,9,11-12H,3-4,7-8,10H2,1-2H3,(H2,19,20,22);1H. The SMILES string of the molecule is CCNC(=NCc1coc(-c2cccs2)n1)NCCc1ncc(CC)s1.I. The molecule has 0 aliphatic rings. The van der Waals surface area contributed by atoms with E-state index in [2.05, 4.69) is 39.4 Å². The molecule has 0 atom stereocenters. The van der Waals surface area contributed by atoms with E-state index in [4.69, 9.17) is 4.42 Å². The molecule has 0 saturated carbocycles. The van der Waals surface area contributed by atoms with Gasteiger partial charge in [-0.2, -0.15) is 0 Å². The zero-order valence-corrected chi connectivity index (χ0v) is 19.4. The first-order valence-electron chi connectivity index (χ1n) is 8.72. The zero-order chi connectivity index (χ0) is 18.2. The maximum Gasteiger partial charge on any atom is 0.236 e. The average Bonchev–Trinajstić information content (AvgIpc) is 3.40. The quantitative estimate of drug-likeness (QED) is 0.264. The fraction of sp³-hybridized carbons (Fsp3) is 0.389. The van der Waals surface area contributed by atoms with Crippen LogP contribution in [0.1, 0.15) is 29.4 Å². The maximum atomic E-state index is 5.54. The first-order chi connectivity index (χ1) is 12.8. The molecule has 2 N–H and O–H groups in total. The van der Waals surface area contributed by atoms with E-state index in [1.165, 1.54) is 4.88 Å². The van der Waals surface area contributed by atoms with Crippen molar-refractivity contribution in [3.8, 4) is 10.8 Å². The maximum absolute atomic E-state index is 5.54. The smallest absolute Gasteiger partial charge is 0.236 e. The fourth-order valence-corrected chi connectivity index (χ4v) is 3.83. The number of hydrogen-bond acceptors (Lipinski definition) is 6. The van der Waals surface area contributed by atoms with Crippen LogP contribution in [-0.2, 0) is 19.4 Å². The van der Waals surface area contributed by atoms with Gasteiger partial charge in [-0.15, -0.1) is 46.7 Å². The molecule has 6 nitrogen and oxygen atoms in total. The number of guanidine groups is 1. The van der Waals surface area contributed by atoms with E-state index in [0.29, 0.717) is 12.4 Å². The van der Waals surface area contributed by atoms with Crippen molar-refractivity contribution in [2.24, 2.45) is 4.99 Å². The molecule has 146 valence electrons. The summed E-state index contributed by atoms with van der Waals surface area (Å²) in [4.78, 5) is 15.9. The van der Waals surface area contributed by atoms with Crippen LogP contribution in [0.5, 0.6) is 0 Å². The molecule has 3 heterocycles. The molecule has 27 heavy (non-hydrogen) atoms. The number of thiophene rings is 1. The van der Waals surface area contributed by atoms with Crippen LogP contribution in [0.2, 0.25) is 0 Å². The van der Waals surface area contributed by atoms with Crippen molar-refractivity contribution in [3.05, 3.63) is 45.6 Å². The third kappa shape index (κ3) is 6.58. The number of thiazole rings is 1. The molecule has 3 aromatic heterocycles. The molecule has 0 aliphatic carbocycles. The van der Waals surface area contributed by atoms with Gasteiger partial charge in [0.1, 0.15) is 12.0 Å². The predicted octanol–water partition coefficient (Wildman–Crippen LogP) is 4.34. The Balaban J connectivity index is 0.00000261. The highest BCUT2D eigenvalue weighted by atomic mass is 127. The van der Waals surface area contributed by atoms with Gasteiger partial charge in [-0.3, -0.25) is 0 Å². The molecule has 3 aromatic rings. The number of aromatic nitrogens is 2. The Bertz CT molecular complexity index is 829. The van der Waals surface area contributed by atoms with Crippen molar-refractivity contribution in [1.29, 1.82) is 0 Å². The van der Waals surface area contributed by atoms with Crippen LogP contribution in [0.3, 0.4) is 0 Å². The molecule has 0 aromatic carbocycles. The van der Waals surface area contributed by atoms with Gasteiger partial charge >= 0.3 is 0 Å². The van der Waals surface area contributed by atoms with Crippen LogP contribution >= 0.6 is 46.7 Å². The van der Waals surface area contributed by atoms with Gasteiger partial charge in [0.2, 0.25) is 5.89 Å². The Morgan fingerprint density at radius 1 is 1.30 bits per heavy atom. The van der Waals surface area contributed by atoms with Crippen molar-refractivity contribution < 1.29 is 4.42 Å². The van der Waals surface area contributed by atoms with Crippen LogP contribution in [0.25, 0.3) is 10.8 Å².